The summed E-state index contributed by atoms with van der Waals surface area (Å²) >= 11 is 0. The Morgan fingerprint density at radius 1 is 1.13 bits per heavy atom. The van der Waals surface area contributed by atoms with Crippen molar-refractivity contribution in [2.75, 3.05) is 13.1 Å². The van der Waals surface area contributed by atoms with E-state index in [0.29, 0.717) is 5.56 Å². The Kier molecular flexibility index (Phi) is 4.73. The molecular formula is C17H24N2O3S. The molecule has 1 amide bonds. The SMILES string of the molecule is Cc1ccc(S(=O)(=O)NC2CCCC2)cc1C(=O)N1CCCC1. The molecule has 23 heavy (non-hydrogen) atoms. The van der Waals surface area contributed by atoms with E-state index >= 15 is 0 Å². The van der Waals surface area contributed by atoms with Crippen molar-refractivity contribution in [2.24, 2.45) is 0 Å². The summed E-state index contributed by atoms with van der Waals surface area (Å²) < 4.78 is 27.9. The molecule has 0 atom stereocenters. The molecule has 0 bridgehead atoms. The minimum absolute atomic E-state index is 0.0269. The fraction of sp³-hybridized carbons (Fsp3) is 0.588. The second-order valence-electron chi connectivity index (χ2n) is 6.58. The van der Waals surface area contributed by atoms with Crippen molar-refractivity contribution in [1.82, 2.24) is 9.62 Å². The molecule has 0 radical (unpaired) electrons. The van der Waals surface area contributed by atoms with Gasteiger partial charge in [0.2, 0.25) is 10.0 Å². The third-order valence-electron chi connectivity index (χ3n) is 4.82. The second kappa shape index (κ2) is 6.61. The van der Waals surface area contributed by atoms with Crippen LogP contribution in [0.5, 0.6) is 0 Å². The van der Waals surface area contributed by atoms with Crippen LogP contribution in [-0.2, 0) is 10.0 Å². The summed E-state index contributed by atoms with van der Waals surface area (Å²) in [5.41, 5.74) is 1.32. The Morgan fingerprint density at radius 2 is 1.78 bits per heavy atom. The Bertz CT molecular complexity index is 688. The summed E-state index contributed by atoms with van der Waals surface area (Å²) in [6.45, 7) is 3.37. The van der Waals surface area contributed by atoms with Gasteiger partial charge >= 0.3 is 0 Å². The first-order valence-electron chi connectivity index (χ1n) is 8.39. The van der Waals surface area contributed by atoms with Crippen LogP contribution in [0.1, 0.15) is 54.4 Å². The van der Waals surface area contributed by atoms with Crippen LogP contribution in [0.2, 0.25) is 0 Å². The van der Waals surface area contributed by atoms with Gasteiger partial charge in [0, 0.05) is 24.7 Å². The molecule has 1 aromatic carbocycles. The molecule has 1 saturated heterocycles. The molecule has 1 saturated carbocycles. The van der Waals surface area contributed by atoms with E-state index < -0.39 is 10.0 Å². The van der Waals surface area contributed by atoms with Gasteiger partial charge < -0.3 is 4.90 Å². The van der Waals surface area contributed by atoms with Crippen LogP contribution in [0.4, 0.5) is 0 Å². The number of carbonyl (C=O) groups excluding carboxylic acids is 1. The number of nitrogens with zero attached hydrogens (tertiary/aromatic N) is 1. The molecule has 3 rings (SSSR count). The maximum Gasteiger partial charge on any atom is 0.254 e. The molecule has 2 fully saturated rings. The smallest absolute Gasteiger partial charge is 0.254 e. The first kappa shape index (κ1) is 16.5. The van der Waals surface area contributed by atoms with E-state index in [2.05, 4.69) is 4.72 Å². The lowest BCUT2D eigenvalue weighted by Crippen LogP contribution is -2.33. The van der Waals surface area contributed by atoms with Crippen LogP contribution >= 0.6 is 0 Å². The van der Waals surface area contributed by atoms with Gasteiger partial charge in [-0.2, -0.15) is 0 Å². The molecule has 6 heteroatoms. The van der Waals surface area contributed by atoms with E-state index in [4.69, 9.17) is 0 Å². The van der Waals surface area contributed by atoms with Gasteiger partial charge in [-0.25, -0.2) is 13.1 Å². The molecule has 1 aliphatic carbocycles. The van der Waals surface area contributed by atoms with Crippen molar-refractivity contribution >= 4 is 15.9 Å². The van der Waals surface area contributed by atoms with E-state index in [9.17, 15) is 13.2 Å². The molecule has 1 aromatic rings. The van der Waals surface area contributed by atoms with Crippen molar-refractivity contribution in [3.05, 3.63) is 29.3 Å². The number of carbonyl (C=O) groups is 1. The molecule has 0 aromatic heterocycles. The van der Waals surface area contributed by atoms with Crippen LogP contribution < -0.4 is 4.72 Å². The van der Waals surface area contributed by atoms with Gasteiger partial charge in [-0.3, -0.25) is 4.79 Å². The van der Waals surface area contributed by atoms with Gasteiger partial charge in [0.1, 0.15) is 0 Å². The van der Waals surface area contributed by atoms with Crippen molar-refractivity contribution in [2.45, 2.75) is 56.4 Å². The number of likely N-dealkylation sites (tertiary alicyclic amines) is 1. The van der Waals surface area contributed by atoms with Crippen LogP contribution in [0.3, 0.4) is 0 Å². The standard InChI is InChI=1S/C17H24N2O3S/c1-13-8-9-15(23(21,22)18-14-6-2-3-7-14)12-16(13)17(20)19-10-4-5-11-19/h8-9,12,14,18H,2-7,10-11H2,1H3. The summed E-state index contributed by atoms with van der Waals surface area (Å²) in [6, 6.07) is 4.88. The second-order valence-corrected chi connectivity index (χ2v) is 8.29. The van der Waals surface area contributed by atoms with E-state index in [1.807, 2.05) is 11.8 Å². The lowest BCUT2D eigenvalue weighted by molar-refractivity contribution is 0.0792. The van der Waals surface area contributed by atoms with Crippen molar-refractivity contribution in [1.29, 1.82) is 0 Å². The number of hydrogen-bond acceptors (Lipinski definition) is 3. The Balaban J connectivity index is 1.85. The fourth-order valence-corrected chi connectivity index (χ4v) is 4.75. The summed E-state index contributed by atoms with van der Waals surface area (Å²) in [5.74, 6) is -0.0575. The minimum atomic E-state index is -3.56. The molecule has 1 aliphatic heterocycles. The first-order valence-corrected chi connectivity index (χ1v) is 9.88. The summed E-state index contributed by atoms with van der Waals surface area (Å²) in [6.07, 6.45) is 5.97. The summed E-state index contributed by atoms with van der Waals surface area (Å²) in [7, 11) is -3.56. The molecular weight excluding hydrogens is 312 g/mol. The lowest BCUT2D eigenvalue weighted by Gasteiger charge is -2.18. The number of sulfonamides is 1. The quantitative estimate of drug-likeness (QED) is 0.918. The third-order valence-corrected chi connectivity index (χ3v) is 6.34. The molecule has 5 nitrogen and oxygen atoms in total. The van der Waals surface area contributed by atoms with E-state index in [0.717, 1.165) is 57.2 Å². The predicted molar refractivity (Wildman–Crippen MR) is 88.9 cm³/mol. The molecule has 2 aliphatic rings. The number of rotatable bonds is 4. The minimum Gasteiger partial charge on any atom is -0.339 e. The average molecular weight is 336 g/mol. The predicted octanol–water partition coefficient (Wildman–Crippen LogP) is 2.45. The average Bonchev–Trinajstić information content (AvgIpc) is 3.19. The van der Waals surface area contributed by atoms with Crippen LogP contribution in [-0.4, -0.2) is 38.4 Å². The molecule has 0 unspecified atom stereocenters. The highest BCUT2D eigenvalue weighted by molar-refractivity contribution is 7.89. The Labute approximate surface area is 138 Å². The van der Waals surface area contributed by atoms with Gasteiger partial charge in [0.15, 0.2) is 0 Å². The van der Waals surface area contributed by atoms with Crippen LogP contribution in [0.25, 0.3) is 0 Å². The highest BCUT2D eigenvalue weighted by atomic mass is 32.2. The largest absolute Gasteiger partial charge is 0.339 e. The Hall–Kier alpha value is -1.40. The van der Waals surface area contributed by atoms with Crippen molar-refractivity contribution in [3.8, 4) is 0 Å². The van der Waals surface area contributed by atoms with Crippen LogP contribution in [0.15, 0.2) is 23.1 Å². The summed E-state index contributed by atoms with van der Waals surface area (Å²) in [4.78, 5) is 14.6. The zero-order valence-corrected chi connectivity index (χ0v) is 14.4. The number of benzene rings is 1. The van der Waals surface area contributed by atoms with Crippen molar-refractivity contribution in [3.63, 3.8) is 0 Å². The molecule has 0 spiro atoms. The maximum absolute atomic E-state index is 12.6. The van der Waals surface area contributed by atoms with Gasteiger partial charge in [-0.1, -0.05) is 18.9 Å². The lowest BCUT2D eigenvalue weighted by atomic mass is 10.1. The van der Waals surface area contributed by atoms with Gasteiger partial charge in [0.25, 0.3) is 5.91 Å². The number of aryl methyl sites for hydroxylation is 1. The Morgan fingerprint density at radius 3 is 2.43 bits per heavy atom. The zero-order chi connectivity index (χ0) is 16.4. The molecule has 1 N–H and O–H groups in total. The van der Waals surface area contributed by atoms with Gasteiger partial charge in [-0.05, 0) is 50.3 Å². The monoisotopic (exact) mass is 336 g/mol. The number of hydrogen-bond donors (Lipinski definition) is 1. The van der Waals surface area contributed by atoms with E-state index in [1.54, 1.807) is 12.1 Å². The fourth-order valence-electron chi connectivity index (χ4n) is 3.42. The van der Waals surface area contributed by atoms with E-state index in [1.165, 1.54) is 6.07 Å². The van der Waals surface area contributed by atoms with E-state index in [-0.39, 0.29) is 16.8 Å². The van der Waals surface area contributed by atoms with Gasteiger partial charge in [0.05, 0.1) is 4.90 Å². The van der Waals surface area contributed by atoms with Crippen LogP contribution in [0, 0.1) is 6.92 Å². The highest BCUT2D eigenvalue weighted by Gasteiger charge is 2.26. The topological polar surface area (TPSA) is 66.5 Å². The van der Waals surface area contributed by atoms with Gasteiger partial charge in [-0.15, -0.1) is 0 Å². The maximum atomic E-state index is 12.6. The summed E-state index contributed by atoms with van der Waals surface area (Å²) in [5, 5.41) is 0. The number of amides is 1. The highest BCUT2D eigenvalue weighted by Crippen LogP contribution is 2.23. The third kappa shape index (κ3) is 3.58. The van der Waals surface area contributed by atoms with Crippen molar-refractivity contribution < 1.29 is 13.2 Å². The molecule has 126 valence electrons. The first-order chi connectivity index (χ1) is 11.0. The molecule has 1 heterocycles. The zero-order valence-electron chi connectivity index (χ0n) is 13.5. The normalized spacial score (nSPS) is 19.4. The number of nitrogens with one attached hydrogen (secondary N) is 1.